The van der Waals surface area contributed by atoms with Gasteiger partial charge in [0.05, 0.1) is 19.3 Å². The molecule has 0 spiro atoms. The normalized spacial score (nSPS) is 22.0. The number of piperidine rings is 1. The summed E-state index contributed by atoms with van der Waals surface area (Å²) >= 11 is 0. The molecule has 1 aromatic heterocycles. The average Bonchev–Trinajstić information content (AvgIpc) is 3.13. The Hall–Kier alpha value is -1.47. The Morgan fingerprint density at radius 1 is 1.16 bits per heavy atom. The molecule has 25 heavy (non-hydrogen) atoms. The Morgan fingerprint density at radius 2 is 1.92 bits per heavy atom. The molecule has 3 heterocycles. The molecule has 7 nitrogen and oxygen atoms in total. The summed E-state index contributed by atoms with van der Waals surface area (Å²) in [5.74, 6) is 3.25. The Morgan fingerprint density at radius 3 is 2.52 bits per heavy atom. The molecular formula is C18H31N5O2. The van der Waals surface area contributed by atoms with E-state index in [4.69, 9.17) is 14.5 Å². The summed E-state index contributed by atoms with van der Waals surface area (Å²) in [5, 5.41) is 0. The quantitative estimate of drug-likeness (QED) is 0.779. The number of nitrogens with zero attached hydrogens (tertiary/aromatic N) is 5. The van der Waals surface area contributed by atoms with Crippen LogP contribution >= 0.6 is 0 Å². The first-order valence-corrected chi connectivity index (χ1v) is 9.40. The molecule has 2 aliphatic rings. The van der Waals surface area contributed by atoms with Gasteiger partial charge in [-0.15, -0.1) is 0 Å². The molecule has 1 aromatic rings. The summed E-state index contributed by atoms with van der Waals surface area (Å²) in [5.41, 5.74) is 0. The van der Waals surface area contributed by atoms with Crippen LogP contribution in [-0.4, -0.2) is 68.1 Å². The first-order valence-electron chi connectivity index (χ1n) is 9.40. The SMILES string of the molecule is CC(C)c1nc(N(C)C)nc(N2CCC(OCC3CCOC3)CC2)n1. The standard InChI is InChI=1S/C18H31N5O2/c1-13(2)16-19-17(22(3)4)21-18(20-16)23-8-5-15(6-9-23)25-12-14-7-10-24-11-14/h13-15H,5-12H2,1-4H3. The average molecular weight is 349 g/mol. The minimum Gasteiger partial charge on any atom is -0.381 e. The maximum Gasteiger partial charge on any atom is 0.230 e. The van der Waals surface area contributed by atoms with E-state index >= 15 is 0 Å². The molecule has 1 atom stereocenters. The van der Waals surface area contributed by atoms with Crippen molar-refractivity contribution in [3.8, 4) is 0 Å². The highest BCUT2D eigenvalue weighted by molar-refractivity contribution is 5.39. The van der Waals surface area contributed by atoms with E-state index in [-0.39, 0.29) is 5.92 Å². The van der Waals surface area contributed by atoms with Crippen LogP contribution in [0.4, 0.5) is 11.9 Å². The summed E-state index contributed by atoms with van der Waals surface area (Å²) < 4.78 is 11.5. The topological polar surface area (TPSA) is 63.6 Å². The molecule has 140 valence electrons. The van der Waals surface area contributed by atoms with Gasteiger partial charge in [0.25, 0.3) is 0 Å². The predicted molar refractivity (Wildman–Crippen MR) is 98.4 cm³/mol. The van der Waals surface area contributed by atoms with Gasteiger partial charge in [-0.1, -0.05) is 13.8 Å². The summed E-state index contributed by atoms with van der Waals surface area (Å²) in [6, 6.07) is 0. The lowest BCUT2D eigenvalue weighted by Gasteiger charge is -2.32. The van der Waals surface area contributed by atoms with Crippen molar-refractivity contribution in [1.82, 2.24) is 15.0 Å². The van der Waals surface area contributed by atoms with E-state index in [0.717, 1.165) is 69.9 Å². The van der Waals surface area contributed by atoms with E-state index in [1.54, 1.807) is 0 Å². The summed E-state index contributed by atoms with van der Waals surface area (Å²) in [6.45, 7) is 8.67. The molecule has 3 rings (SSSR count). The fourth-order valence-electron chi connectivity index (χ4n) is 3.18. The van der Waals surface area contributed by atoms with E-state index in [1.807, 2.05) is 19.0 Å². The molecule has 0 amide bonds. The van der Waals surface area contributed by atoms with Crippen molar-refractivity contribution in [3.05, 3.63) is 5.82 Å². The van der Waals surface area contributed by atoms with Crippen LogP contribution in [-0.2, 0) is 9.47 Å². The van der Waals surface area contributed by atoms with Gasteiger partial charge >= 0.3 is 0 Å². The van der Waals surface area contributed by atoms with Gasteiger partial charge in [-0.3, -0.25) is 0 Å². The minimum absolute atomic E-state index is 0.287. The van der Waals surface area contributed by atoms with E-state index in [0.29, 0.717) is 12.0 Å². The third kappa shape index (κ3) is 4.79. The fourth-order valence-corrected chi connectivity index (χ4v) is 3.18. The second-order valence-corrected chi connectivity index (χ2v) is 7.59. The van der Waals surface area contributed by atoms with Crippen LogP contribution in [0.5, 0.6) is 0 Å². The van der Waals surface area contributed by atoms with Crippen molar-refractivity contribution >= 4 is 11.9 Å². The maximum absolute atomic E-state index is 6.11. The summed E-state index contributed by atoms with van der Waals surface area (Å²) in [6.07, 6.45) is 3.52. The maximum atomic E-state index is 6.11. The number of ether oxygens (including phenoxy) is 2. The van der Waals surface area contributed by atoms with Crippen LogP contribution in [0.3, 0.4) is 0 Å². The fraction of sp³-hybridized carbons (Fsp3) is 0.833. The lowest BCUT2D eigenvalue weighted by Crippen LogP contribution is -2.39. The number of anilines is 2. The van der Waals surface area contributed by atoms with Crippen molar-refractivity contribution in [1.29, 1.82) is 0 Å². The number of hydrogen-bond donors (Lipinski definition) is 0. The molecule has 1 unspecified atom stereocenters. The second kappa shape index (κ2) is 8.27. The molecule has 0 radical (unpaired) electrons. The third-order valence-electron chi connectivity index (χ3n) is 4.86. The van der Waals surface area contributed by atoms with E-state index in [2.05, 4.69) is 28.7 Å². The number of aromatic nitrogens is 3. The van der Waals surface area contributed by atoms with Gasteiger partial charge in [-0.05, 0) is 19.3 Å². The van der Waals surface area contributed by atoms with Gasteiger partial charge in [0, 0.05) is 45.6 Å². The molecule has 2 saturated heterocycles. The lowest BCUT2D eigenvalue weighted by atomic mass is 10.1. The highest BCUT2D eigenvalue weighted by Crippen LogP contribution is 2.23. The van der Waals surface area contributed by atoms with Crippen LogP contribution in [0.2, 0.25) is 0 Å². The van der Waals surface area contributed by atoms with Crippen LogP contribution in [0.15, 0.2) is 0 Å². The van der Waals surface area contributed by atoms with Crippen molar-refractivity contribution in [2.24, 2.45) is 5.92 Å². The summed E-state index contributed by atoms with van der Waals surface area (Å²) in [7, 11) is 3.94. The van der Waals surface area contributed by atoms with Crippen molar-refractivity contribution in [2.75, 3.05) is 56.8 Å². The minimum atomic E-state index is 0.287. The first kappa shape index (κ1) is 18.3. The van der Waals surface area contributed by atoms with Crippen molar-refractivity contribution in [2.45, 2.75) is 45.1 Å². The Labute approximate surface area is 150 Å². The molecule has 2 aliphatic heterocycles. The zero-order chi connectivity index (χ0) is 17.8. The van der Waals surface area contributed by atoms with Gasteiger partial charge in [0.15, 0.2) is 0 Å². The predicted octanol–water partition coefficient (Wildman–Crippen LogP) is 2.08. The van der Waals surface area contributed by atoms with Gasteiger partial charge in [-0.2, -0.15) is 15.0 Å². The lowest BCUT2D eigenvalue weighted by molar-refractivity contribution is 0.0130. The smallest absolute Gasteiger partial charge is 0.230 e. The monoisotopic (exact) mass is 349 g/mol. The largest absolute Gasteiger partial charge is 0.381 e. The third-order valence-corrected chi connectivity index (χ3v) is 4.86. The van der Waals surface area contributed by atoms with Crippen molar-refractivity contribution in [3.63, 3.8) is 0 Å². The van der Waals surface area contributed by atoms with Gasteiger partial charge in [0.2, 0.25) is 11.9 Å². The molecule has 7 heteroatoms. The van der Waals surface area contributed by atoms with Gasteiger partial charge < -0.3 is 19.3 Å². The van der Waals surface area contributed by atoms with E-state index in [9.17, 15) is 0 Å². The zero-order valence-electron chi connectivity index (χ0n) is 15.9. The molecule has 0 aliphatic carbocycles. The van der Waals surface area contributed by atoms with Crippen LogP contribution in [0, 0.1) is 5.92 Å². The Bertz CT molecular complexity index is 526. The summed E-state index contributed by atoms with van der Waals surface area (Å²) in [4.78, 5) is 18.1. The highest BCUT2D eigenvalue weighted by Gasteiger charge is 2.25. The first-order chi connectivity index (χ1) is 12.0. The molecule has 0 aromatic carbocycles. The Kier molecular flexibility index (Phi) is 6.06. The molecular weight excluding hydrogens is 318 g/mol. The number of rotatable bonds is 6. The highest BCUT2D eigenvalue weighted by atomic mass is 16.5. The van der Waals surface area contributed by atoms with E-state index in [1.165, 1.54) is 0 Å². The van der Waals surface area contributed by atoms with Crippen LogP contribution < -0.4 is 9.80 Å². The zero-order valence-corrected chi connectivity index (χ0v) is 15.9. The molecule has 0 bridgehead atoms. The van der Waals surface area contributed by atoms with Crippen LogP contribution in [0.25, 0.3) is 0 Å². The number of hydrogen-bond acceptors (Lipinski definition) is 7. The molecule has 0 N–H and O–H groups in total. The second-order valence-electron chi connectivity index (χ2n) is 7.59. The van der Waals surface area contributed by atoms with Gasteiger partial charge in [0.1, 0.15) is 5.82 Å². The molecule has 2 fully saturated rings. The Balaban J connectivity index is 1.58. The van der Waals surface area contributed by atoms with E-state index < -0.39 is 0 Å². The van der Waals surface area contributed by atoms with Crippen molar-refractivity contribution < 1.29 is 9.47 Å². The van der Waals surface area contributed by atoms with Crippen LogP contribution in [0.1, 0.15) is 44.9 Å². The molecule has 0 saturated carbocycles. The van der Waals surface area contributed by atoms with Gasteiger partial charge in [-0.25, -0.2) is 0 Å².